The molecule has 0 aliphatic rings. The zero-order valence-electron chi connectivity index (χ0n) is 14.2. The number of rotatable bonds is 14. The third kappa shape index (κ3) is 12.5. The number of esters is 1. The summed E-state index contributed by atoms with van der Waals surface area (Å²) in [5.74, 6) is -0.00430. The van der Waals surface area contributed by atoms with Crippen molar-refractivity contribution in [2.75, 3.05) is 0 Å². The first-order valence-electron chi connectivity index (χ1n) is 8.50. The van der Waals surface area contributed by atoms with Gasteiger partial charge in [-0.25, -0.2) is 0 Å². The smallest absolute Gasteiger partial charge is 0.310 e. The molecular formula is C18H32O4. The fourth-order valence-electron chi connectivity index (χ4n) is 2.00. The summed E-state index contributed by atoms with van der Waals surface area (Å²) in [5.41, 5.74) is 0. The molecule has 0 aromatic rings. The van der Waals surface area contributed by atoms with Crippen molar-refractivity contribution in [3.05, 3.63) is 24.7 Å². The largest absolute Gasteiger partial charge is 0.462 e. The lowest BCUT2D eigenvalue weighted by molar-refractivity contribution is -0.139. The first kappa shape index (κ1) is 20.7. The van der Waals surface area contributed by atoms with Gasteiger partial charge in [-0.15, -0.1) is 0 Å². The van der Waals surface area contributed by atoms with Gasteiger partial charge in [-0.1, -0.05) is 65.4 Å². The molecule has 4 nitrogen and oxygen atoms in total. The number of carbonyl (C=O) groups is 1. The minimum absolute atomic E-state index is 0.272. The Morgan fingerprint density at radius 1 is 1.09 bits per heavy atom. The Labute approximate surface area is 135 Å². The predicted octanol–water partition coefficient (Wildman–Crippen LogP) is 4.83. The molecule has 0 saturated heterocycles. The number of allylic oxidation sites excluding steroid dienone is 1. The van der Waals surface area contributed by atoms with Gasteiger partial charge in [-0.05, 0) is 12.5 Å². The molecule has 0 aromatic carbocycles. The molecule has 0 radical (unpaired) electrons. The summed E-state index contributed by atoms with van der Waals surface area (Å²) in [7, 11) is 0. The van der Waals surface area contributed by atoms with Crippen molar-refractivity contribution in [2.45, 2.75) is 84.3 Å². The van der Waals surface area contributed by atoms with Gasteiger partial charge in [0.05, 0.1) is 0 Å². The van der Waals surface area contributed by atoms with Crippen LogP contribution in [0.25, 0.3) is 0 Å². The fourth-order valence-corrected chi connectivity index (χ4v) is 2.00. The Kier molecular flexibility index (Phi) is 13.8. The van der Waals surface area contributed by atoms with Crippen LogP contribution in [0.3, 0.4) is 0 Å². The van der Waals surface area contributed by atoms with Crippen LogP contribution in [0.4, 0.5) is 0 Å². The quantitative estimate of drug-likeness (QED) is 0.164. The van der Waals surface area contributed by atoms with Crippen molar-refractivity contribution in [1.29, 1.82) is 0 Å². The maximum Gasteiger partial charge on any atom is 0.310 e. The van der Waals surface area contributed by atoms with Crippen molar-refractivity contribution in [3.63, 3.8) is 0 Å². The van der Waals surface area contributed by atoms with E-state index in [9.17, 15) is 9.90 Å². The molecule has 0 amide bonds. The monoisotopic (exact) mass is 312 g/mol. The van der Waals surface area contributed by atoms with Crippen molar-refractivity contribution >= 4 is 5.97 Å². The van der Waals surface area contributed by atoms with Gasteiger partial charge >= 0.3 is 5.97 Å². The maximum atomic E-state index is 11.6. The van der Waals surface area contributed by atoms with Crippen LogP contribution in [-0.2, 0) is 14.3 Å². The van der Waals surface area contributed by atoms with E-state index in [-0.39, 0.29) is 11.7 Å². The van der Waals surface area contributed by atoms with Gasteiger partial charge in [0.1, 0.15) is 6.26 Å². The highest BCUT2D eigenvalue weighted by molar-refractivity contribution is 5.69. The Hall–Kier alpha value is -1.29. The highest BCUT2D eigenvalue weighted by Gasteiger charge is 2.06. The average Bonchev–Trinajstić information content (AvgIpc) is 2.50. The molecule has 4 heteroatoms. The molecule has 0 aromatic heterocycles. The molecule has 0 saturated carbocycles. The minimum atomic E-state index is -0.893. The lowest BCUT2D eigenvalue weighted by Crippen LogP contribution is -2.11. The molecule has 0 aliphatic heterocycles. The summed E-state index contributed by atoms with van der Waals surface area (Å²) in [5, 5.41) is 9.53. The Bertz CT molecular complexity index is 323. The molecule has 1 atom stereocenters. The first-order chi connectivity index (χ1) is 10.6. The van der Waals surface area contributed by atoms with E-state index in [1.165, 1.54) is 44.4 Å². The maximum absolute atomic E-state index is 11.6. The van der Waals surface area contributed by atoms with Crippen LogP contribution in [0.1, 0.15) is 78.1 Å². The van der Waals surface area contributed by atoms with Crippen LogP contribution in [0.15, 0.2) is 24.7 Å². The van der Waals surface area contributed by atoms with Gasteiger partial charge in [-0.2, -0.15) is 0 Å². The fraction of sp³-hybridized carbons (Fsp3) is 0.722. The molecule has 0 aliphatic carbocycles. The molecule has 0 spiro atoms. The number of aliphatic hydroxyl groups excluding tert-OH is 1. The highest BCUT2D eigenvalue weighted by Crippen LogP contribution is 2.10. The number of hydrogen-bond donors (Lipinski definition) is 1. The van der Waals surface area contributed by atoms with Gasteiger partial charge in [-0.3, -0.25) is 4.79 Å². The van der Waals surface area contributed by atoms with E-state index in [0.717, 1.165) is 19.3 Å². The minimum Gasteiger partial charge on any atom is -0.462 e. The summed E-state index contributed by atoms with van der Waals surface area (Å²) in [4.78, 5) is 11.6. The van der Waals surface area contributed by atoms with Crippen molar-refractivity contribution in [1.82, 2.24) is 0 Å². The molecule has 1 unspecified atom stereocenters. The lowest BCUT2D eigenvalue weighted by atomic mass is 10.1. The topological polar surface area (TPSA) is 55.8 Å². The van der Waals surface area contributed by atoms with E-state index in [1.54, 1.807) is 0 Å². The molecule has 0 bridgehead atoms. The van der Waals surface area contributed by atoms with Crippen LogP contribution < -0.4 is 0 Å². The zero-order chi connectivity index (χ0) is 16.6. The van der Waals surface area contributed by atoms with Crippen LogP contribution in [0, 0.1) is 0 Å². The zero-order valence-corrected chi connectivity index (χ0v) is 14.2. The normalized spacial score (nSPS) is 12.8. The van der Waals surface area contributed by atoms with Gasteiger partial charge in [0.2, 0.25) is 0 Å². The van der Waals surface area contributed by atoms with Crippen molar-refractivity contribution in [3.8, 4) is 0 Å². The molecule has 0 heterocycles. The van der Waals surface area contributed by atoms with Gasteiger partial charge in [0.15, 0.2) is 12.0 Å². The third-order valence-corrected chi connectivity index (χ3v) is 3.30. The van der Waals surface area contributed by atoms with Crippen LogP contribution in [-0.4, -0.2) is 17.4 Å². The second-order valence-corrected chi connectivity index (χ2v) is 5.45. The predicted molar refractivity (Wildman–Crippen MR) is 89.0 cm³/mol. The number of unbranched alkanes of at least 4 members (excludes halogenated alkanes) is 6. The number of aliphatic hydroxyl groups is 1. The van der Waals surface area contributed by atoms with Gasteiger partial charge in [0.25, 0.3) is 0 Å². The Morgan fingerprint density at radius 2 is 1.73 bits per heavy atom. The molecule has 0 rings (SSSR count). The number of hydrogen-bond acceptors (Lipinski definition) is 4. The lowest BCUT2D eigenvalue weighted by Gasteiger charge is -2.12. The average molecular weight is 312 g/mol. The summed E-state index contributed by atoms with van der Waals surface area (Å²) < 4.78 is 10.2. The van der Waals surface area contributed by atoms with Gasteiger partial charge in [0, 0.05) is 12.8 Å². The van der Waals surface area contributed by atoms with E-state index in [2.05, 4.69) is 13.5 Å². The van der Waals surface area contributed by atoms with E-state index in [4.69, 9.17) is 9.47 Å². The first-order valence-corrected chi connectivity index (χ1v) is 8.50. The molecular weight excluding hydrogens is 280 g/mol. The van der Waals surface area contributed by atoms with E-state index >= 15 is 0 Å². The number of carbonyl (C=O) groups excluding carboxylic acids is 1. The second-order valence-electron chi connectivity index (χ2n) is 5.45. The molecule has 128 valence electrons. The molecule has 1 N–H and O–H groups in total. The summed E-state index contributed by atoms with van der Waals surface area (Å²) >= 11 is 0. The highest BCUT2D eigenvalue weighted by atomic mass is 16.6. The summed E-state index contributed by atoms with van der Waals surface area (Å²) in [6.45, 7) is 7.72. The Morgan fingerprint density at radius 3 is 2.32 bits per heavy atom. The van der Waals surface area contributed by atoms with Crippen LogP contribution >= 0.6 is 0 Å². The van der Waals surface area contributed by atoms with Gasteiger partial charge < -0.3 is 14.6 Å². The molecule has 22 heavy (non-hydrogen) atoms. The Balaban J connectivity index is 3.80. The van der Waals surface area contributed by atoms with Crippen molar-refractivity contribution in [2.24, 2.45) is 0 Å². The summed E-state index contributed by atoms with van der Waals surface area (Å²) in [6.07, 6.45) is 11.6. The number of ether oxygens (including phenoxy) is 2. The van der Waals surface area contributed by atoms with E-state index < -0.39 is 6.29 Å². The van der Waals surface area contributed by atoms with Crippen molar-refractivity contribution < 1.29 is 19.4 Å². The molecule has 0 fully saturated rings. The van der Waals surface area contributed by atoms with Crippen LogP contribution in [0.2, 0.25) is 0 Å². The second kappa shape index (κ2) is 14.6. The third-order valence-electron chi connectivity index (χ3n) is 3.30. The summed E-state index contributed by atoms with van der Waals surface area (Å²) in [6, 6.07) is 0. The SMILES string of the molecule is C=C/C(=C\OC(=O)CCCCCCCCC)OC(O)CCC. The van der Waals surface area contributed by atoms with E-state index in [0.29, 0.717) is 12.8 Å². The van der Waals surface area contributed by atoms with Crippen LogP contribution in [0.5, 0.6) is 0 Å². The standard InChI is InChI=1S/C18H32O4/c1-4-7-8-9-10-11-12-14-17(19)21-15-16(6-3)22-18(20)13-5-2/h6,15,18,20H,3-5,7-14H2,1-2H3/b16-15+. The van der Waals surface area contributed by atoms with E-state index in [1.807, 2.05) is 6.92 Å².